The Morgan fingerprint density at radius 3 is 2.74 bits per heavy atom. The minimum Gasteiger partial charge on any atom is -0.447 e. The van der Waals surface area contributed by atoms with E-state index in [0.29, 0.717) is 25.5 Å². The maximum absolute atomic E-state index is 11.9. The van der Waals surface area contributed by atoms with Crippen LogP contribution in [0, 0.1) is 0 Å². The van der Waals surface area contributed by atoms with E-state index >= 15 is 0 Å². The van der Waals surface area contributed by atoms with Gasteiger partial charge in [-0.1, -0.05) is 6.92 Å². The van der Waals surface area contributed by atoms with E-state index in [1.807, 2.05) is 6.92 Å². The van der Waals surface area contributed by atoms with Gasteiger partial charge in [-0.15, -0.1) is 0 Å². The summed E-state index contributed by atoms with van der Waals surface area (Å²) in [6.45, 7) is 6.47. The van der Waals surface area contributed by atoms with Gasteiger partial charge in [0.25, 0.3) is 10.0 Å². The topological polar surface area (TPSA) is 80.6 Å². The Balaban J connectivity index is 2.49. The molecule has 7 heteroatoms. The van der Waals surface area contributed by atoms with Crippen LogP contribution in [0.4, 0.5) is 0 Å². The van der Waals surface area contributed by atoms with Crippen molar-refractivity contribution in [2.24, 2.45) is 0 Å². The van der Waals surface area contributed by atoms with Crippen molar-refractivity contribution in [3.05, 3.63) is 17.9 Å². The van der Waals surface area contributed by atoms with Gasteiger partial charge in [-0.05, 0) is 32.0 Å². The molecule has 6 nitrogen and oxygen atoms in total. The summed E-state index contributed by atoms with van der Waals surface area (Å²) in [6.07, 6.45) is 1.02. The molecule has 0 atom stereocenters. The third-order valence-corrected chi connectivity index (χ3v) is 3.70. The Morgan fingerprint density at radius 2 is 2.05 bits per heavy atom. The van der Waals surface area contributed by atoms with Gasteiger partial charge in [0.05, 0.1) is 13.2 Å². The number of rotatable bonds is 10. The van der Waals surface area contributed by atoms with Crippen LogP contribution in [0.25, 0.3) is 0 Å². The highest BCUT2D eigenvalue weighted by Gasteiger charge is 2.17. The predicted molar refractivity (Wildman–Crippen MR) is 72.4 cm³/mol. The zero-order valence-corrected chi connectivity index (χ0v) is 12.3. The summed E-state index contributed by atoms with van der Waals surface area (Å²) < 4.78 is 36.5. The number of ether oxygens (including phenoxy) is 1. The van der Waals surface area contributed by atoms with Gasteiger partial charge in [-0.25, -0.2) is 13.1 Å². The van der Waals surface area contributed by atoms with Crippen molar-refractivity contribution in [2.75, 3.05) is 26.3 Å². The minimum absolute atomic E-state index is 0.0581. The van der Waals surface area contributed by atoms with E-state index in [4.69, 9.17) is 9.15 Å². The highest BCUT2D eigenvalue weighted by molar-refractivity contribution is 7.89. The molecule has 0 saturated carbocycles. The molecule has 1 rings (SSSR count). The standard InChI is InChI=1S/C12H22N2O4S/c1-3-7-13-10-11-5-6-12(18-11)19(15,16)14-8-9-17-4-2/h5-6,13-14H,3-4,7-10H2,1-2H3. The summed E-state index contributed by atoms with van der Waals surface area (Å²) >= 11 is 0. The van der Waals surface area contributed by atoms with E-state index in [0.717, 1.165) is 13.0 Å². The van der Waals surface area contributed by atoms with Gasteiger partial charge in [0, 0.05) is 13.2 Å². The molecule has 0 spiro atoms. The first-order valence-electron chi connectivity index (χ1n) is 6.47. The fourth-order valence-electron chi connectivity index (χ4n) is 1.45. The molecule has 1 aromatic heterocycles. The molecular weight excluding hydrogens is 268 g/mol. The molecule has 19 heavy (non-hydrogen) atoms. The lowest BCUT2D eigenvalue weighted by atomic mass is 10.4. The summed E-state index contributed by atoms with van der Waals surface area (Å²) in [5.41, 5.74) is 0. The highest BCUT2D eigenvalue weighted by Crippen LogP contribution is 2.13. The van der Waals surface area contributed by atoms with Crippen LogP contribution in [-0.2, 0) is 21.3 Å². The Morgan fingerprint density at radius 1 is 1.26 bits per heavy atom. The van der Waals surface area contributed by atoms with E-state index in [2.05, 4.69) is 17.0 Å². The van der Waals surface area contributed by atoms with Crippen LogP contribution in [0.3, 0.4) is 0 Å². The molecule has 2 N–H and O–H groups in total. The Bertz CT molecular complexity index is 456. The Labute approximate surface area is 114 Å². The molecule has 0 aliphatic rings. The predicted octanol–water partition coefficient (Wildman–Crippen LogP) is 1.09. The second kappa shape index (κ2) is 8.31. The van der Waals surface area contributed by atoms with Gasteiger partial charge in [-0.2, -0.15) is 0 Å². The average molecular weight is 290 g/mol. The first kappa shape index (κ1) is 16.2. The number of sulfonamides is 1. The number of furan rings is 1. The maximum Gasteiger partial charge on any atom is 0.274 e. The number of hydrogen-bond donors (Lipinski definition) is 2. The van der Waals surface area contributed by atoms with Crippen molar-refractivity contribution in [3.8, 4) is 0 Å². The van der Waals surface area contributed by atoms with Gasteiger partial charge in [-0.3, -0.25) is 0 Å². The lowest BCUT2D eigenvalue weighted by Gasteiger charge is -2.04. The molecular formula is C12H22N2O4S. The summed E-state index contributed by atoms with van der Waals surface area (Å²) in [5.74, 6) is 0.610. The van der Waals surface area contributed by atoms with Crippen molar-refractivity contribution in [1.82, 2.24) is 10.0 Å². The van der Waals surface area contributed by atoms with Gasteiger partial charge < -0.3 is 14.5 Å². The third kappa shape index (κ3) is 5.73. The molecule has 110 valence electrons. The van der Waals surface area contributed by atoms with Crippen LogP contribution in [0.15, 0.2) is 21.6 Å². The molecule has 0 fully saturated rings. The smallest absolute Gasteiger partial charge is 0.274 e. The number of nitrogens with one attached hydrogen (secondary N) is 2. The monoisotopic (exact) mass is 290 g/mol. The summed E-state index contributed by atoms with van der Waals surface area (Å²) in [7, 11) is -3.57. The fraction of sp³-hybridized carbons (Fsp3) is 0.667. The number of hydrogen-bond acceptors (Lipinski definition) is 5. The Hall–Kier alpha value is -0.890. The summed E-state index contributed by atoms with van der Waals surface area (Å²) in [4.78, 5) is 0. The second-order valence-electron chi connectivity index (χ2n) is 3.99. The molecule has 1 aromatic rings. The van der Waals surface area contributed by atoms with E-state index in [1.165, 1.54) is 6.07 Å². The minimum atomic E-state index is -3.57. The van der Waals surface area contributed by atoms with Crippen LogP contribution in [0.5, 0.6) is 0 Å². The molecule has 0 amide bonds. The fourth-order valence-corrected chi connectivity index (χ4v) is 2.41. The largest absolute Gasteiger partial charge is 0.447 e. The molecule has 0 unspecified atom stereocenters. The molecule has 0 aliphatic heterocycles. The van der Waals surface area contributed by atoms with Crippen molar-refractivity contribution in [2.45, 2.75) is 31.9 Å². The van der Waals surface area contributed by atoms with Gasteiger partial charge >= 0.3 is 0 Å². The summed E-state index contributed by atoms with van der Waals surface area (Å²) in [5, 5.41) is 3.09. The maximum atomic E-state index is 11.9. The van der Waals surface area contributed by atoms with Crippen LogP contribution < -0.4 is 10.0 Å². The normalized spacial score (nSPS) is 11.9. The SMILES string of the molecule is CCCNCc1ccc(S(=O)(=O)NCCOCC)o1. The molecule has 0 aliphatic carbocycles. The van der Waals surface area contributed by atoms with Gasteiger partial charge in [0.2, 0.25) is 5.09 Å². The molecule has 1 heterocycles. The van der Waals surface area contributed by atoms with Crippen molar-refractivity contribution < 1.29 is 17.6 Å². The first-order chi connectivity index (χ1) is 9.10. The average Bonchev–Trinajstić information content (AvgIpc) is 2.85. The zero-order valence-electron chi connectivity index (χ0n) is 11.4. The molecule has 0 bridgehead atoms. The first-order valence-corrected chi connectivity index (χ1v) is 7.95. The summed E-state index contributed by atoms with van der Waals surface area (Å²) in [6, 6.07) is 3.13. The van der Waals surface area contributed by atoms with E-state index < -0.39 is 10.0 Å². The van der Waals surface area contributed by atoms with Crippen LogP contribution in [0.2, 0.25) is 0 Å². The second-order valence-corrected chi connectivity index (χ2v) is 5.69. The van der Waals surface area contributed by atoms with Crippen molar-refractivity contribution in [3.63, 3.8) is 0 Å². The van der Waals surface area contributed by atoms with Crippen molar-refractivity contribution >= 4 is 10.0 Å². The highest BCUT2D eigenvalue weighted by atomic mass is 32.2. The molecule has 0 saturated heterocycles. The Kier molecular flexibility index (Phi) is 7.07. The molecule has 0 radical (unpaired) electrons. The van der Waals surface area contributed by atoms with Crippen LogP contribution >= 0.6 is 0 Å². The van der Waals surface area contributed by atoms with E-state index in [9.17, 15) is 8.42 Å². The van der Waals surface area contributed by atoms with Crippen molar-refractivity contribution in [1.29, 1.82) is 0 Å². The van der Waals surface area contributed by atoms with Crippen LogP contribution in [0.1, 0.15) is 26.0 Å². The van der Waals surface area contributed by atoms with Gasteiger partial charge in [0.1, 0.15) is 5.76 Å². The van der Waals surface area contributed by atoms with Gasteiger partial charge in [0.15, 0.2) is 0 Å². The lowest BCUT2D eigenvalue weighted by Crippen LogP contribution is -2.27. The van der Waals surface area contributed by atoms with Crippen LogP contribution in [-0.4, -0.2) is 34.7 Å². The lowest BCUT2D eigenvalue weighted by molar-refractivity contribution is 0.153. The zero-order chi connectivity index (χ0) is 14.1. The molecule has 0 aromatic carbocycles. The third-order valence-electron chi connectivity index (χ3n) is 2.37. The quantitative estimate of drug-likeness (QED) is 0.631. The van der Waals surface area contributed by atoms with E-state index in [-0.39, 0.29) is 11.6 Å². The van der Waals surface area contributed by atoms with E-state index in [1.54, 1.807) is 6.07 Å².